The van der Waals surface area contributed by atoms with Gasteiger partial charge in [0.05, 0.1) is 0 Å². The van der Waals surface area contributed by atoms with Gasteiger partial charge in [-0.15, -0.1) is 0 Å². The fraction of sp³-hybridized carbons (Fsp3) is 0.316. The Morgan fingerprint density at radius 1 is 1.09 bits per heavy atom. The summed E-state index contributed by atoms with van der Waals surface area (Å²) in [5.41, 5.74) is 11.4. The zero-order valence-electron chi connectivity index (χ0n) is 13.4. The molecular weight excluding hydrogens is 286 g/mol. The molecule has 3 rings (SSSR count). The largest absolute Gasteiger partial charge is 0.327 e. The van der Waals surface area contributed by atoms with E-state index in [4.69, 9.17) is 5.73 Å². The van der Waals surface area contributed by atoms with E-state index in [0.29, 0.717) is 0 Å². The summed E-state index contributed by atoms with van der Waals surface area (Å²) in [6, 6.07) is 14.0. The maximum absolute atomic E-state index is 12.1. The van der Waals surface area contributed by atoms with E-state index in [2.05, 4.69) is 29.7 Å². The summed E-state index contributed by atoms with van der Waals surface area (Å²) in [7, 11) is 0. The summed E-state index contributed by atoms with van der Waals surface area (Å²) in [4.78, 5) is 12.1. The molecule has 0 spiro atoms. The van der Waals surface area contributed by atoms with Gasteiger partial charge in [0.2, 0.25) is 0 Å². The molecule has 4 heteroatoms. The van der Waals surface area contributed by atoms with Gasteiger partial charge in [-0.05, 0) is 66.6 Å². The van der Waals surface area contributed by atoms with Crippen molar-refractivity contribution < 1.29 is 4.79 Å². The molecule has 1 aliphatic carbocycles. The Kier molecular flexibility index (Phi) is 4.63. The van der Waals surface area contributed by atoms with Gasteiger partial charge in [0.25, 0.3) is 0 Å². The molecule has 120 valence electrons. The van der Waals surface area contributed by atoms with E-state index < -0.39 is 0 Å². The standard InChI is InChI=1S/C19H23N3O/c1-2-13-3-8-17(9-4-13)21-19(23)22-18-10-6-14-11-16(20)7-5-15(14)12-18/h3-4,6,8-10,12,16H,2,5,7,11,20H2,1H3,(H2,21,22,23)/t16-/m0/s1. The van der Waals surface area contributed by atoms with Crippen molar-refractivity contribution in [1.29, 1.82) is 0 Å². The summed E-state index contributed by atoms with van der Waals surface area (Å²) in [6.45, 7) is 2.11. The molecule has 1 aliphatic rings. The molecule has 2 amide bonds. The Bertz CT molecular complexity index is 694. The van der Waals surface area contributed by atoms with E-state index in [9.17, 15) is 4.79 Å². The highest BCUT2D eigenvalue weighted by molar-refractivity contribution is 5.99. The first-order valence-electron chi connectivity index (χ1n) is 8.18. The summed E-state index contributed by atoms with van der Waals surface area (Å²) in [6.07, 6.45) is 3.90. The van der Waals surface area contributed by atoms with Crippen LogP contribution in [-0.4, -0.2) is 12.1 Å². The maximum atomic E-state index is 12.1. The number of rotatable bonds is 3. The molecule has 0 radical (unpaired) electrons. The van der Waals surface area contributed by atoms with E-state index >= 15 is 0 Å². The van der Waals surface area contributed by atoms with Crippen molar-refractivity contribution in [3.63, 3.8) is 0 Å². The second kappa shape index (κ2) is 6.84. The molecule has 0 aliphatic heterocycles. The number of nitrogens with one attached hydrogen (secondary N) is 2. The lowest BCUT2D eigenvalue weighted by Gasteiger charge is -2.22. The van der Waals surface area contributed by atoms with Gasteiger partial charge < -0.3 is 16.4 Å². The molecule has 0 unspecified atom stereocenters. The Morgan fingerprint density at radius 2 is 1.78 bits per heavy atom. The fourth-order valence-electron chi connectivity index (χ4n) is 2.98. The van der Waals surface area contributed by atoms with Crippen LogP contribution in [0.1, 0.15) is 30.0 Å². The number of hydrogen-bond acceptors (Lipinski definition) is 2. The van der Waals surface area contributed by atoms with Crippen molar-refractivity contribution >= 4 is 17.4 Å². The molecule has 0 fully saturated rings. The molecule has 1 atom stereocenters. The highest BCUT2D eigenvalue weighted by atomic mass is 16.2. The molecule has 0 saturated heterocycles. The number of aryl methyl sites for hydroxylation is 2. The van der Waals surface area contributed by atoms with Crippen LogP contribution in [0.2, 0.25) is 0 Å². The van der Waals surface area contributed by atoms with E-state index in [0.717, 1.165) is 37.1 Å². The van der Waals surface area contributed by atoms with Gasteiger partial charge in [-0.3, -0.25) is 0 Å². The van der Waals surface area contributed by atoms with Gasteiger partial charge in [-0.1, -0.05) is 25.1 Å². The third-order valence-corrected chi connectivity index (χ3v) is 4.35. The summed E-state index contributed by atoms with van der Waals surface area (Å²) in [5.74, 6) is 0. The molecule has 2 aromatic carbocycles. The summed E-state index contributed by atoms with van der Waals surface area (Å²) < 4.78 is 0. The van der Waals surface area contributed by atoms with Gasteiger partial charge in [0, 0.05) is 17.4 Å². The lowest BCUT2D eigenvalue weighted by atomic mass is 9.88. The van der Waals surface area contributed by atoms with Crippen molar-refractivity contribution in [3.05, 3.63) is 59.2 Å². The quantitative estimate of drug-likeness (QED) is 0.809. The minimum atomic E-state index is -0.221. The normalized spacial score (nSPS) is 16.5. The first-order valence-corrected chi connectivity index (χ1v) is 8.18. The minimum Gasteiger partial charge on any atom is -0.327 e. The van der Waals surface area contributed by atoms with Gasteiger partial charge in [0.15, 0.2) is 0 Å². The van der Waals surface area contributed by atoms with E-state index in [1.807, 2.05) is 30.3 Å². The summed E-state index contributed by atoms with van der Waals surface area (Å²) in [5, 5.41) is 5.76. The molecule has 0 saturated carbocycles. The fourth-order valence-corrected chi connectivity index (χ4v) is 2.98. The predicted octanol–water partition coefficient (Wildman–Crippen LogP) is 3.71. The lowest BCUT2D eigenvalue weighted by molar-refractivity contribution is 0.262. The molecule has 0 aromatic heterocycles. The van der Waals surface area contributed by atoms with Crippen LogP contribution in [0.15, 0.2) is 42.5 Å². The Hall–Kier alpha value is -2.33. The molecule has 23 heavy (non-hydrogen) atoms. The summed E-state index contributed by atoms with van der Waals surface area (Å²) >= 11 is 0. The lowest BCUT2D eigenvalue weighted by Crippen LogP contribution is -2.28. The van der Waals surface area contributed by atoms with Crippen molar-refractivity contribution in [2.24, 2.45) is 5.73 Å². The zero-order valence-corrected chi connectivity index (χ0v) is 13.4. The molecule has 4 nitrogen and oxygen atoms in total. The van der Waals surface area contributed by atoms with Crippen LogP contribution in [0.5, 0.6) is 0 Å². The Morgan fingerprint density at radius 3 is 2.52 bits per heavy atom. The highest BCUT2D eigenvalue weighted by Crippen LogP contribution is 2.24. The van der Waals surface area contributed by atoms with Crippen molar-refractivity contribution in [1.82, 2.24) is 0 Å². The first-order chi connectivity index (χ1) is 11.1. The van der Waals surface area contributed by atoms with Crippen LogP contribution in [0.25, 0.3) is 0 Å². The second-order valence-corrected chi connectivity index (χ2v) is 6.12. The van der Waals surface area contributed by atoms with E-state index in [1.54, 1.807) is 0 Å². The number of carbonyl (C=O) groups is 1. The van der Waals surface area contributed by atoms with Crippen molar-refractivity contribution in [2.75, 3.05) is 10.6 Å². The smallest absolute Gasteiger partial charge is 0.323 e. The topological polar surface area (TPSA) is 67.2 Å². The number of amides is 2. The SMILES string of the molecule is CCc1ccc(NC(=O)Nc2ccc3c(c2)CC[C@H](N)C3)cc1. The number of anilines is 2. The third kappa shape index (κ3) is 3.90. The van der Waals surface area contributed by atoms with Gasteiger partial charge in [0.1, 0.15) is 0 Å². The van der Waals surface area contributed by atoms with Gasteiger partial charge in [-0.2, -0.15) is 0 Å². The van der Waals surface area contributed by atoms with Gasteiger partial charge >= 0.3 is 6.03 Å². The van der Waals surface area contributed by atoms with E-state index in [1.165, 1.54) is 16.7 Å². The van der Waals surface area contributed by atoms with Crippen LogP contribution in [0, 0.1) is 0 Å². The Labute approximate surface area is 137 Å². The second-order valence-electron chi connectivity index (χ2n) is 6.12. The predicted molar refractivity (Wildman–Crippen MR) is 94.9 cm³/mol. The zero-order chi connectivity index (χ0) is 16.2. The monoisotopic (exact) mass is 309 g/mol. The van der Waals surface area contributed by atoms with E-state index in [-0.39, 0.29) is 12.1 Å². The number of nitrogens with two attached hydrogens (primary N) is 1. The van der Waals surface area contributed by atoms with Crippen LogP contribution in [0.3, 0.4) is 0 Å². The Balaban J connectivity index is 1.63. The van der Waals surface area contributed by atoms with Crippen LogP contribution < -0.4 is 16.4 Å². The maximum Gasteiger partial charge on any atom is 0.323 e. The van der Waals surface area contributed by atoms with Crippen LogP contribution in [0.4, 0.5) is 16.2 Å². The third-order valence-electron chi connectivity index (χ3n) is 4.35. The average Bonchev–Trinajstić information content (AvgIpc) is 2.55. The molecular formula is C19H23N3O. The van der Waals surface area contributed by atoms with Crippen LogP contribution in [-0.2, 0) is 19.3 Å². The number of fused-ring (bicyclic) bond motifs is 1. The molecule has 4 N–H and O–H groups in total. The highest BCUT2D eigenvalue weighted by Gasteiger charge is 2.15. The minimum absolute atomic E-state index is 0.221. The molecule has 0 bridgehead atoms. The van der Waals surface area contributed by atoms with Gasteiger partial charge in [-0.25, -0.2) is 4.79 Å². The average molecular weight is 309 g/mol. The van der Waals surface area contributed by atoms with Crippen LogP contribution >= 0.6 is 0 Å². The molecule has 0 heterocycles. The molecule has 2 aromatic rings. The number of urea groups is 1. The number of benzene rings is 2. The number of hydrogen-bond donors (Lipinski definition) is 3. The number of carbonyl (C=O) groups excluding carboxylic acids is 1. The van der Waals surface area contributed by atoms with Crippen molar-refractivity contribution in [3.8, 4) is 0 Å². The first kappa shape index (κ1) is 15.6. The van der Waals surface area contributed by atoms with Crippen molar-refractivity contribution in [2.45, 2.75) is 38.6 Å².